The summed E-state index contributed by atoms with van der Waals surface area (Å²) >= 11 is 0. The fraction of sp³-hybridized carbons (Fsp3) is 0.833. The van der Waals surface area contributed by atoms with Crippen LogP contribution in [-0.4, -0.2) is 18.0 Å². The van der Waals surface area contributed by atoms with E-state index in [2.05, 4.69) is 25.3 Å². The van der Waals surface area contributed by atoms with Gasteiger partial charge in [0.25, 0.3) is 0 Å². The zero-order chi connectivity index (χ0) is 9.94. The summed E-state index contributed by atoms with van der Waals surface area (Å²) in [6.07, 6.45) is 9.94. The van der Waals surface area contributed by atoms with Gasteiger partial charge in [-0.2, -0.15) is 0 Å². The topological polar surface area (TPSA) is 3.24 Å². The highest BCUT2D eigenvalue weighted by molar-refractivity contribution is 4.70. The second-order valence-electron chi connectivity index (χ2n) is 3.63. The molecule has 0 aromatic carbocycles. The number of hydrogen-bond donors (Lipinski definition) is 0. The number of nitrogens with zero attached hydrogens (tertiary/aromatic N) is 1. The van der Waals surface area contributed by atoms with Gasteiger partial charge in [0.1, 0.15) is 0 Å². The third-order valence-corrected chi connectivity index (χ3v) is 2.36. The van der Waals surface area contributed by atoms with Crippen LogP contribution in [0.3, 0.4) is 0 Å². The Hall–Kier alpha value is -0.460. The Kier molecular flexibility index (Phi) is 9.29. The molecule has 0 N–H and O–H groups in total. The van der Waals surface area contributed by atoms with Crippen molar-refractivity contribution in [2.45, 2.75) is 52.4 Å². The van der Waals surface area contributed by atoms with E-state index in [0.29, 0.717) is 0 Å². The molecule has 0 aromatic heterocycles. The third kappa shape index (κ3) is 7.89. The first kappa shape index (κ1) is 12.5. The zero-order valence-electron chi connectivity index (χ0n) is 9.39. The smallest absolute Gasteiger partial charge is 0.0172 e. The van der Waals surface area contributed by atoms with Crippen LogP contribution in [0.25, 0.3) is 0 Å². The molecule has 0 bridgehead atoms. The van der Waals surface area contributed by atoms with Gasteiger partial charge in [0.2, 0.25) is 0 Å². The zero-order valence-corrected chi connectivity index (χ0v) is 9.39. The van der Waals surface area contributed by atoms with Crippen molar-refractivity contribution >= 4 is 0 Å². The largest absolute Gasteiger partial charge is 0.378 e. The molecule has 0 aliphatic rings. The maximum Gasteiger partial charge on any atom is 0.0172 e. The van der Waals surface area contributed by atoms with E-state index in [9.17, 15) is 0 Å². The first-order valence-corrected chi connectivity index (χ1v) is 5.71. The minimum atomic E-state index is 1.19. The highest BCUT2D eigenvalue weighted by Gasteiger charge is 1.96. The summed E-state index contributed by atoms with van der Waals surface area (Å²) in [6, 6.07) is 0. The van der Waals surface area contributed by atoms with Gasteiger partial charge in [-0.1, -0.05) is 46.1 Å². The summed E-state index contributed by atoms with van der Waals surface area (Å²) < 4.78 is 0. The Morgan fingerprint density at radius 2 is 1.54 bits per heavy atom. The lowest BCUT2D eigenvalue weighted by molar-refractivity contribution is 0.356. The average Bonchev–Trinajstić information content (AvgIpc) is 2.17. The number of hydrogen-bond acceptors (Lipinski definition) is 1. The van der Waals surface area contributed by atoms with Crippen LogP contribution in [0.1, 0.15) is 52.4 Å². The SMILES string of the molecule is C=CN(CCCC)CCCCCC. The Morgan fingerprint density at radius 3 is 2.08 bits per heavy atom. The minimum absolute atomic E-state index is 1.19. The summed E-state index contributed by atoms with van der Waals surface area (Å²) in [5.74, 6) is 0. The van der Waals surface area contributed by atoms with Crippen LogP contribution >= 0.6 is 0 Å². The van der Waals surface area contributed by atoms with Crippen LogP contribution < -0.4 is 0 Å². The van der Waals surface area contributed by atoms with Crippen LogP contribution in [0.2, 0.25) is 0 Å². The van der Waals surface area contributed by atoms with Gasteiger partial charge in [0.05, 0.1) is 0 Å². The Bertz CT molecular complexity index is 110. The highest BCUT2D eigenvalue weighted by Crippen LogP contribution is 2.02. The highest BCUT2D eigenvalue weighted by atomic mass is 15.1. The summed E-state index contributed by atoms with van der Waals surface area (Å²) in [6.45, 7) is 10.7. The van der Waals surface area contributed by atoms with Crippen molar-refractivity contribution in [3.63, 3.8) is 0 Å². The molecule has 0 aliphatic heterocycles. The van der Waals surface area contributed by atoms with Gasteiger partial charge in [-0.3, -0.25) is 0 Å². The van der Waals surface area contributed by atoms with Crippen molar-refractivity contribution in [2.75, 3.05) is 13.1 Å². The van der Waals surface area contributed by atoms with Crippen LogP contribution in [0.5, 0.6) is 0 Å². The van der Waals surface area contributed by atoms with E-state index in [1.165, 1.54) is 51.6 Å². The molecule has 0 aliphatic carbocycles. The lowest BCUT2D eigenvalue weighted by Crippen LogP contribution is -2.19. The van der Waals surface area contributed by atoms with Crippen molar-refractivity contribution in [1.29, 1.82) is 0 Å². The van der Waals surface area contributed by atoms with Gasteiger partial charge in [-0.25, -0.2) is 0 Å². The molecule has 0 heterocycles. The van der Waals surface area contributed by atoms with Gasteiger partial charge in [-0.05, 0) is 19.0 Å². The normalized spacial score (nSPS) is 10.0. The molecule has 0 saturated carbocycles. The fourth-order valence-corrected chi connectivity index (χ4v) is 1.40. The minimum Gasteiger partial charge on any atom is -0.378 e. The van der Waals surface area contributed by atoms with Crippen molar-refractivity contribution in [3.05, 3.63) is 12.8 Å². The van der Waals surface area contributed by atoms with E-state index in [4.69, 9.17) is 0 Å². The summed E-state index contributed by atoms with van der Waals surface area (Å²) in [7, 11) is 0. The molecule has 0 aromatic rings. The molecule has 1 heteroatoms. The molecule has 78 valence electrons. The summed E-state index contributed by atoms with van der Waals surface area (Å²) in [5.41, 5.74) is 0. The predicted molar refractivity (Wildman–Crippen MR) is 60.8 cm³/mol. The van der Waals surface area contributed by atoms with Gasteiger partial charge < -0.3 is 4.90 Å². The molecule has 0 spiro atoms. The van der Waals surface area contributed by atoms with Crippen molar-refractivity contribution < 1.29 is 0 Å². The Morgan fingerprint density at radius 1 is 0.923 bits per heavy atom. The van der Waals surface area contributed by atoms with E-state index < -0.39 is 0 Å². The van der Waals surface area contributed by atoms with Gasteiger partial charge in [0, 0.05) is 13.1 Å². The van der Waals surface area contributed by atoms with Gasteiger partial charge in [0.15, 0.2) is 0 Å². The Balaban J connectivity index is 3.31. The predicted octanol–water partition coefficient (Wildman–Crippen LogP) is 3.81. The molecule has 1 nitrogen and oxygen atoms in total. The summed E-state index contributed by atoms with van der Waals surface area (Å²) in [4.78, 5) is 2.35. The maximum absolute atomic E-state index is 3.84. The molecule has 0 amide bonds. The molecule has 0 radical (unpaired) electrons. The van der Waals surface area contributed by atoms with Crippen LogP contribution in [0.15, 0.2) is 12.8 Å². The average molecular weight is 183 g/mol. The van der Waals surface area contributed by atoms with Crippen molar-refractivity contribution in [2.24, 2.45) is 0 Å². The molecule has 0 fully saturated rings. The van der Waals surface area contributed by atoms with Crippen molar-refractivity contribution in [3.8, 4) is 0 Å². The monoisotopic (exact) mass is 183 g/mol. The third-order valence-electron chi connectivity index (χ3n) is 2.36. The number of rotatable bonds is 9. The van der Waals surface area contributed by atoms with Gasteiger partial charge in [-0.15, -0.1) is 0 Å². The first-order chi connectivity index (χ1) is 6.35. The molecule has 0 saturated heterocycles. The van der Waals surface area contributed by atoms with Crippen LogP contribution in [0, 0.1) is 0 Å². The molecule has 0 unspecified atom stereocenters. The van der Waals surface area contributed by atoms with Crippen molar-refractivity contribution in [1.82, 2.24) is 4.90 Å². The maximum atomic E-state index is 3.84. The lowest BCUT2D eigenvalue weighted by atomic mass is 10.2. The molecular weight excluding hydrogens is 158 g/mol. The lowest BCUT2D eigenvalue weighted by Gasteiger charge is -2.19. The quantitative estimate of drug-likeness (QED) is 0.491. The van der Waals surface area contributed by atoms with E-state index in [1.54, 1.807) is 0 Å². The Labute approximate surface area is 83.8 Å². The second kappa shape index (κ2) is 9.63. The number of unbranched alkanes of at least 4 members (excludes halogenated alkanes) is 4. The van der Waals surface area contributed by atoms with Crippen LogP contribution in [-0.2, 0) is 0 Å². The van der Waals surface area contributed by atoms with E-state index in [1.807, 2.05) is 6.20 Å². The molecule has 13 heavy (non-hydrogen) atoms. The fourth-order valence-electron chi connectivity index (χ4n) is 1.40. The standard InChI is InChI=1S/C12H25N/c1-4-7-9-10-12-13(6-3)11-8-5-2/h6H,3-5,7-12H2,1-2H3. The van der Waals surface area contributed by atoms with E-state index in [0.717, 1.165) is 0 Å². The summed E-state index contributed by atoms with van der Waals surface area (Å²) in [5, 5.41) is 0. The molecule has 0 atom stereocenters. The van der Waals surface area contributed by atoms with Gasteiger partial charge >= 0.3 is 0 Å². The van der Waals surface area contributed by atoms with Crippen LogP contribution in [0.4, 0.5) is 0 Å². The molecule has 0 rings (SSSR count). The second-order valence-corrected chi connectivity index (χ2v) is 3.63. The van der Waals surface area contributed by atoms with E-state index in [-0.39, 0.29) is 0 Å². The van der Waals surface area contributed by atoms with E-state index >= 15 is 0 Å². The molecular formula is C12H25N. The first-order valence-electron chi connectivity index (χ1n) is 5.71.